The first-order chi connectivity index (χ1) is 10.5. The molecule has 0 fully saturated rings. The molecule has 0 spiro atoms. The highest BCUT2D eigenvalue weighted by molar-refractivity contribution is 6.32. The van der Waals surface area contributed by atoms with Gasteiger partial charge in [-0.25, -0.2) is 4.79 Å². The van der Waals surface area contributed by atoms with Gasteiger partial charge in [-0.15, -0.1) is 0 Å². The highest BCUT2D eigenvalue weighted by Gasteiger charge is 2.12. The fraction of sp³-hybridized carbons (Fsp3) is 0.200. The predicted octanol–water partition coefficient (Wildman–Crippen LogP) is 2.93. The Kier molecular flexibility index (Phi) is 5.06. The standard InChI is InChI=1S/C15H13ClO6/c1-20-15(19)13-5-3-10(22-13)8-21-12-4-2-9(6-11(12)16)7-14(17)18/h2-6H,7-8H2,1H3,(H,17,18). The van der Waals surface area contributed by atoms with E-state index >= 15 is 0 Å². The van der Waals surface area contributed by atoms with Crippen molar-refractivity contribution in [1.82, 2.24) is 0 Å². The van der Waals surface area contributed by atoms with E-state index in [0.717, 1.165) is 0 Å². The van der Waals surface area contributed by atoms with E-state index in [1.165, 1.54) is 19.2 Å². The Bertz CT molecular complexity index is 691. The molecule has 0 atom stereocenters. The van der Waals surface area contributed by atoms with Gasteiger partial charge < -0.3 is 19.0 Å². The molecule has 6 nitrogen and oxygen atoms in total. The van der Waals surface area contributed by atoms with Gasteiger partial charge in [0.15, 0.2) is 0 Å². The van der Waals surface area contributed by atoms with Crippen molar-refractivity contribution in [2.45, 2.75) is 13.0 Å². The van der Waals surface area contributed by atoms with Crippen LogP contribution in [0.2, 0.25) is 5.02 Å². The van der Waals surface area contributed by atoms with Crippen LogP contribution in [0.3, 0.4) is 0 Å². The van der Waals surface area contributed by atoms with Crippen LogP contribution >= 0.6 is 11.6 Å². The first-order valence-electron chi connectivity index (χ1n) is 6.29. The quantitative estimate of drug-likeness (QED) is 0.822. The smallest absolute Gasteiger partial charge is 0.373 e. The van der Waals surface area contributed by atoms with Crippen molar-refractivity contribution in [3.63, 3.8) is 0 Å². The fourth-order valence-electron chi connectivity index (χ4n) is 1.76. The minimum absolute atomic E-state index is 0.0784. The normalized spacial score (nSPS) is 10.3. The maximum Gasteiger partial charge on any atom is 0.373 e. The number of methoxy groups -OCH3 is 1. The molecule has 1 N–H and O–H groups in total. The fourth-order valence-corrected chi connectivity index (χ4v) is 2.02. The van der Waals surface area contributed by atoms with Crippen molar-refractivity contribution < 1.29 is 28.6 Å². The minimum Gasteiger partial charge on any atom is -0.484 e. The van der Waals surface area contributed by atoms with Crippen LogP contribution in [0.15, 0.2) is 34.7 Å². The molecular formula is C15H13ClO6. The highest BCUT2D eigenvalue weighted by atomic mass is 35.5. The molecule has 0 amide bonds. The van der Waals surface area contributed by atoms with Crippen LogP contribution in [0.25, 0.3) is 0 Å². The number of rotatable bonds is 6. The van der Waals surface area contributed by atoms with Crippen molar-refractivity contribution in [2.75, 3.05) is 7.11 Å². The summed E-state index contributed by atoms with van der Waals surface area (Å²) in [5.41, 5.74) is 0.579. The van der Waals surface area contributed by atoms with E-state index in [9.17, 15) is 9.59 Å². The summed E-state index contributed by atoms with van der Waals surface area (Å²) in [5, 5.41) is 9.03. The Labute approximate surface area is 131 Å². The number of carboxylic acids is 1. The van der Waals surface area contributed by atoms with Gasteiger partial charge in [0.1, 0.15) is 18.1 Å². The molecule has 0 saturated carbocycles. The first-order valence-corrected chi connectivity index (χ1v) is 6.67. The Morgan fingerprint density at radius 1 is 1.27 bits per heavy atom. The van der Waals surface area contributed by atoms with Crippen molar-refractivity contribution in [3.05, 3.63) is 52.4 Å². The summed E-state index contributed by atoms with van der Waals surface area (Å²) in [6.45, 7) is 0.0784. The number of aliphatic carboxylic acids is 1. The van der Waals surface area contributed by atoms with Crippen LogP contribution in [0.5, 0.6) is 5.75 Å². The van der Waals surface area contributed by atoms with Crippen molar-refractivity contribution in [3.8, 4) is 5.75 Å². The van der Waals surface area contributed by atoms with Crippen molar-refractivity contribution in [1.29, 1.82) is 0 Å². The van der Waals surface area contributed by atoms with Crippen LogP contribution < -0.4 is 4.74 Å². The van der Waals surface area contributed by atoms with E-state index in [-0.39, 0.29) is 18.8 Å². The molecule has 1 heterocycles. The molecule has 0 saturated heterocycles. The maximum atomic E-state index is 11.3. The molecule has 116 valence electrons. The third kappa shape index (κ3) is 4.02. The molecule has 0 aliphatic rings. The summed E-state index contributed by atoms with van der Waals surface area (Å²) in [6, 6.07) is 7.83. The summed E-state index contributed by atoms with van der Waals surface area (Å²) in [6.07, 6.45) is -0.110. The lowest BCUT2D eigenvalue weighted by Gasteiger charge is -2.07. The van der Waals surface area contributed by atoms with E-state index in [0.29, 0.717) is 22.1 Å². The third-order valence-electron chi connectivity index (χ3n) is 2.77. The van der Waals surface area contributed by atoms with Crippen LogP contribution in [-0.4, -0.2) is 24.2 Å². The highest BCUT2D eigenvalue weighted by Crippen LogP contribution is 2.26. The van der Waals surface area contributed by atoms with Gasteiger partial charge in [-0.3, -0.25) is 4.79 Å². The summed E-state index contributed by atoms with van der Waals surface area (Å²) < 4.78 is 15.3. The predicted molar refractivity (Wildman–Crippen MR) is 77.2 cm³/mol. The molecule has 2 aromatic rings. The van der Waals surface area contributed by atoms with Gasteiger partial charge in [0.2, 0.25) is 5.76 Å². The number of furan rings is 1. The molecule has 2 rings (SSSR count). The molecule has 1 aromatic carbocycles. The number of esters is 1. The Morgan fingerprint density at radius 2 is 2.05 bits per heavy atom. The van der Waals surface area contributed by atoms with Crippen LogP contribution in [0, 0.1) is 0 Å². The van der Waals surface area contributed by atoms with Gasteiger partial charge in [-0.2, -0.15) is 0 Å². The summed E-state index contributed by atoms with van der Waals surface area (Å²) in [4.78, 5) is 21.9. The second-order valence-corrected chi connectivity index (χ2v) is 4.79. The Hall–Kier alpha value is -2.47. The molecule has 0 aliphatic carbocycles. The topological polar surface area (TPSA) is 86.0 Å². The Morgan fingerprint density at radius 3 is 2.68 bits per heavy atom. The largest absolute Gasteiger partial charge is 0.484 e. The molecule has 0 unspecified atom stereocenters. The molecule has 22 heavy (non-hydrogen) atoms. The maximum absolute atomic E-state index is 11.3. The molecule has 0 bridgehead atoms. The van der Waals surface area contributed by atoms with Crippen LogP contribution in [0.1, 0.15) is 21.9 Å². The SMILES string of the molecule is COC(=O)c1ccc(COc2ccc(CC(=O)O)cc2Cl)o1. The number of hydrogen-bond acceptors (Lipinski definition) is 5. The zero-order valence-corrected chi connectivity index (χ0v) is 12.4. The molecule has 1 aromatic heterocycles. The van der Waals surface area contributed by atoms with Crippen molar-refractivity contribution in [2.24, 2.45) is 0 Å². The van der Waals surface area contributed by atoms with Gasteiger partial charge in [0, 0.05) is 0 Å². The van der Waals surface area contributed by atoms with E-state index in [2.05, 4.69) is 4.74 Å². The van der Waals surface area contributed by atoms with Gasteiger partial charge in [-0.05, 0) is 29.8 Å². The van der Waals surface area contributed by atoms with Gasteiger partial charge in [0.05, 0.1) is 18.6 Å². The number of carbonyl (C=O) groups excluding carboxylic acids is 1. The second kappa shape index (κ2) is 7.00. The van der Waals surface area contributed by atoms with Gasteiger partial charge >= 0.3 is 11.9 Å². The van der Waals surface area contributed by atoms with E-state index in [1.807, 2.05) is 0 Å². The summed E-state index contributed by atoms with van der Waals surface area (Å²) in [7, 11) is 1.26. The molecule has 0 radical (unpaired) electrons. The second-order valence-electron chi connectivity index (χ2n) is 4.38. The van der Waals surface area contributed by atoms with Gasteiger partial charge in [0.25, 0.3) is 0 Å². The summed E-state index contributed by atoms with van der Waals surface area (Å²) >= 11 is 6.03. The summed E-state index contributed by atoms with van der Waals surface area (Å²) in [5.74, 6) is -0.583. The first kappa shape index (κ1) is 15.9. The zero-order chi connectivity index (χ0) is 16.1. The van der Waals surface area contributed by atoms with Crippen LogP contribution in [0.4, 0.5) is 0 Å². The number of ether oxygens (including phenoxy) is 2. The molecule has 0 aliphatic heterocycles. The number of carboxylic acid groups (broad SMARTS) is 1. The lowest BCUT2D eigenvalue weighted by Crippen LogP contribution is -2.01. The number of carbonyl (C=O) groups is 2. The Balaban J connectivity index is 2.01. The lowest BCUT2D eigenvalue weighted by molar-refractivity contribution is -0.136. The van der Waals surface area contributed by atoms with E-state index < -0.39 is 11.9 Å². The average Bonchev–Trinajstić information content (AvgIpc) is 2.94. The third-order valence-corrected chi connectivity index (χ3v) is 3.07. The monoisotopic (exact) mass is 324 g/mol. The van der Waals surface area contributed by atoms with Crippen molar-refractivity contribution >= 4 is 23.5 Å². The lowest BCUT2D eigenvalue weighted by atomic mass is 10.1. The average molecular weight is 325 g/mol. The zero-order valence-electron chi connectivity index (χ0n) is 11.7. The van der Waals surface area contributed by atoms with Crippen LogP contribution in [-0.2, 0) is 22.6 Å². The van der Waals surface area contributed by atoms with Gasteiger partial charge in [-0.1, -0.05) is 17.7 Å². The minimum atomic E-state index is -0.935. The molecule has 7 heteroatoms. The van der Waals surface area contributed by atoms with E-state index in [1.54, 1.807) is 18.2 Å². The number of benzene rings is 1. The number of halogens is 1. The van der Waals surface area contributed by atoms with E-state index in [4.69, 9.17) is 25.9 Å². The number of hydrogen-bond donors (Lipinski definition) is 1. The molecular weight excluding hydrogens is 312 g/mol.